The first kappa shape index (κ1) is 9.44. The van der Waals surface area contributed by atoms with Crippen LogP contribution >= 0.6 is 0 Å². The zero-order chi connectivity index (χ0) is 9.84. The molecule has 0 unspecified atom stereocenters. The summed E-state index contributed by atoms with van der Waals surface area (Å²) in [5.74, 6) is -0.286. The lowest BCUT2D eigenvalue weighted by molar-refractivity contribution is 0.0938. The predicted molar refractivity (Wildman–Crippen MR) is 46.6 cm³/mol. The molecule has 0 saturated heterocycles. The maximum absolute atomic E-state index is 11.4. The molecule has 0 saturated carbocycles. The summed E-state index contributed by atoms with van der Waals surface area (Å²) in [7, 11) is 0. The lowest BCUT2D eigenvalue weighted by Crippen LogP contribution is -2.30. The normalized spacial score (nSPS) is 10.1. The molecule has 1 rings (SSSR count). The van der Waals surface area contributed by atoms with Crippen LogP contribution in [-0.2, 0) is 0 Å². The molecule has 5 nitrogen and oxygen atoms in total. The smallest absolute Gasteiger partial charge is 0.255 e. The quantitative estimate of drug-likeness (QED) is 0.661. The standard InChI is InChI=1S/C8H11N3O2/c1-5(2)10-8(13)6-3-9-11-7(6)4-12/h3-5H,1-2H3,(H,9,11)(H,10,13). The van der Waals surface area contributed by atoms with Crippen molar-refractivity contribution in [2.45, 2.75) is 19.9 Å². The summed E-state index contributed by atoms with van der Waals surface area (Å²) < 4.78 is 0. The summed E-state index contributed by atoms with van der Waals surface area (Å²) in [6.07, 6.45) is 1.95. The number of H-pyrrole nitrogens is 1. The van der Waals surface area contributed by atoms with E-state index in [1.54, 1.807) is 0 Å². The summed E-state index contributed by atoms with van der Waals surface area (Å²) in [6, 6.07) is 0.0434. The fourth-order valence-corrected chi connectivity index (χ4v) is 0.912. The van der Waals surface area contributed by atoms with Crippen molar-refractivity contribution in [3.8, 4) is 0 Å². The molecule has 0 bridgehead atoms. The van der Waals surface area contributed by atoms with Crippen LogP contribution in [0.15, 0.2) is 6.20 Å². The highest BCUT2D eigenvalue weighted by molar-refractivity contribution is 6.00. The fourth-order valence-electron chi connectivity index (χ4n) is 0.912. The molecule has 0 aliphatic rings. The van der Waals surface area contributed by atoms with Crippen molar-refractivity contribution in [1.82, 2.24) is 15.5 Å². The van der Waals surface area contributed by atoms with Gasteiger partial charge in [0.1, 0.15) is 5.69 Å². The first-order valence-electron chi connectivity index (χ1n) is 3.95. The SMILES string of the molecule is CC(C)NC(=O)c1c[nH]nc1C=O. The maximum Gasteiger partial charge on any atom is 0.255 e. The van der Waals surface area contributed by atoms with E-state index >= 15 is 0 Å². The Morgan fingerprint density at radius 1 is 1.69 bits per heavy atom. The molecule has 0 spiro atoms. The van der Waals surface area contributed by atoms with Crippen molar-refractivity contribution < 1.29 is 9.59 Å². The Balaban J connectivity index is 2.82. The van der Waals surface area contributed by atoms with Crippen LogP contribution < -0.4 is 5.32 Å². The second-order valence-corrected chi connectivity index (χ2v) is 2.93. The molecule has 1 aromatic heterocycles. The molecule has 0 aliphatic carbocycles. The van der Waals surface area contributed by atoms with Gasteiger partial charge in [-0.1, -0.05) is 0 Å². The Morgan fingerprint density at radius 2 is 2.38 bits per heavy atom. The van der Waals surface area contributed by atoms with Gasteiger partial charge < -0.3 is 5.32 Å². The highest BCUT2D eigenvalue weighted by Crippen LogP contribution is 2.01. The van der Waals surface area contributed by atoms with Gasteiger partial charge in [0.15, 0.2) is 6.29 Å². The number of nitrogens with zero attached hydrogens (tertiary/aromatic N) is 1. The van der Waals surface area contributed by atoms with Crippen LogP contribution in [0.25, 0.3) is 0 Å². The molecular weight excluding hydrogens is 170 g/mol. The number of aromatic nitrogens is 2. The number of amides is 1. The molecule has 13 heavy (non-hydrogen) atoms. The van der Waals surface area contributed by atoms with E-state index in [0.717, 1.165) is 0 Å². The molecule has 0 fully saturated rings. The van der Waals surface area contributed by atoms with Crippen LogP contribution in [0.5, 0.6) is 0 Å². The number of aldehydes is 1. The number of rotatable bonds is 3. The van der Waals surface area contributed by atoms with Crippen LogP contribution in [0.1, 0.15) is 34.7 Å². The van der Waals surface area contributed by atoms with Gasteiger partial charge in [0.05, 0.1) is 5.56 Å². The number of aromatic amines is 1. The van der Waals surface area contributed by atoms with Crippen molar-refractivity contribution in [2.75, 3.05) is 0 Å². The molecule has 2 N–H and O–H groups in total. The second-order valence-electron chi connectivity index (χ2n) is 2.93. The molecule has 70 valence electrons. The molecular formula is C8H11N3O2. The van der Waals surface area contributed by atoms with E-state index in [1.165, 1.54) is 6.20 Å². The van der Waals surface area contributed by atoms with Gasteiger partial charge in [-0.25, -0.2) is 0 Å². The van der Waals surface area contributed by atoms with E-state index in [1.807, 2.05) is 13.8 Å². The van der Waals surface area contributed by atoms with Crippen LogP contribution in [-0.4, -0.2) is 28.4 Å². The molecule has 0 atom stereocenters. The third-order valence-electron chi connectivity index (χ3n) is 1.45. The largest absolute Gasteiger partial charge is 0.350 e. The Bertz CT molecular complexity index is 317. The minimum absolute atomic E-state index is 0.0434. The third-order valence-corrected chi connectivity index (χ3v) is 1.45. The fraction of sp³-hybridized carbons (Fsp3) is 0.375. The minimum Gasteiger partial charge on any atom is -0.350 e. The van der Waals surface area contributed by atoms with Gasteiger partial charge in [-0.3, -0.25) is 14.7 Å². The van der Waals surface area contributed by atoms with Crippen LogP contribution in [0.3, 0.4) is 0 Å². The van der Waals surface area contributed by atoms with Crippen LogP contribution in [0.2, 0.25) is 0 Å². The Kier molecular flexibility index (Phi) is 2.79. The van der Waals surface area contributed by atoms with E-state index < -0.39 is 0 Å². The van der Waals surface area contributed by atoms with Crippen LogP contribution in [0, 0.1) is 0 Å². The van der Waals surface area contributed by atoms with Crippen molar-refractivity contribution in [3.63, 3.8) is 0 Å². The van der Waals surface area contributed by atoms with Gasteiger partial charge in [-0.2, -0.15) is 5.10 Å². The van der Waals surface area contributed by atoms with Crippen molar-refractivity contribution in [1.29, 1.82) is 0 Å². The lowest BCUT2D eigenvalue weighted by Gasteiger charge is -2.06. The molecule has 1 heterocycles. The summed E-state index contributed by atoms with van der Waals surface area (Å²) in [5.41, 5.74) is 0.418. The lowest BCUT2D eigenvalue weighted by atomic mass is 10.2. The highest BCUT2D eigenvalue weighted by Gasteiger charge is 2.13. The molecule has 0 aliphatic heterocycles. The van der Waals surface area contributed by atoms with E-state index in [2.05, 4.69) is 15.5 Å². The van der Waals surface area contributed by atoms with Crippen molar-refractivity contribution in [3.05, 3.63) is 17.5 Å². The second kappa shape index (κ2) is 3.84. The zero-order valence-electron chi connectivity index (χ0n) is 7.50. The maximum atomic E-state index is 11.4. The van der Waals surface area contributed by atoms with Crippen molar-refractivity contribution in [2.24, 2.45) is 0 Å². The molecule has 5 heteroatoms. The number of carbonyl (C=O) groups is 2. The molecule has 1 aromatic rings. The summed E-state index contributed by atoms with van der Waals surface area (Å²) in [6.45, 7) is 3.69. The van der Waals surface area contributed by atoms with Gasteiger partial charge in [-0.15, -0.1) is 0 Å². The first-order chi connectivity index (χ1) is 6.15. The number of carbonyl (C=O) groups excluding carboxylic acids is 2. The Labute approximate surface area is 75.5 Å². The van der Waals surface area contributed by atoms with Gasteiger partial charge in [0.2, 0.25) is 0 Å². The summed E-state index contributed by atoms with van der Waals surface area (Å²) >= 11 is 0. The average molecular weight is 181 g/mol. The van der Waals surface area contributed by atoms with Gasteiger partial charge in [0.25, 0.3) is 5.91 Å². The zero-order valence-corrected chi connectivity index (χ0v) is 7.50. The molecule has 0 aromatic carbocycles. The molecule has 1 amide bonds. The molecule has 0 radical (unpaired) electrons. The topological polar surface area (TPSA) is 74.8 Å². The summed E-state index contributed by atoms with van der Waals surface area (Å²) in [5, 5.41) is 8.73. The number of nitrogens with one attached hydrogen (secondary N) is 2. The number of hydrogen-bond acceptors (Lipinski definition) is 3. The van der Waals surface area contributed by atoms with E-state index in [-0.39, 0.29) is 23.2 Å². The van der Waals surface area contributed by atoms with Crippen molar-refractivity contribution >= 4 is 12.2 Å². The van der Waals surface area contributed by atoms with E-state index in [0.29, 0.717) is 6.29 Å². The van der Waals surface area contributed by atoms with Gasteiger partial charge in [0, 0.05) is 12.2 Å². The Hall–Kier alpha value is -1.65. The van der Waals surface area contributed by atoms with E-state index in [4.69, 9.17) is 0 Å². The first-order valence-corrected chi connectivity index (χ1v) is 3.95. The number of hydrogen-bond donors (Lipinski definition) is 2. The van der Waals surface area contributed by atoms with Gasteiger partial charge >= 0.3 is 0 Å². The summed E-state index contributed by atoms with van der Waals surface area (Å²) in [4.78, 5) is 21.8. The van der Waals surface area contributed by atoms with E-state index in [9.17, 15) is 9.59 Å². The monoisotopic (exact) mass is 181 g/mol. The predicted octanol–water partition coefficient (Wildman–Crippen LogP) is 0.360. The minimum atomic E-state index is -0.286. The van der Waals surface area contributed by atoms with Gasteiger partial charge in [-0.05, 0) is 13.8 Å². The third kappa shape index (κ3) is 2.14. The Morgan fingerprint density at radius 3 is 2.92 bits per heavy atom. The van der Waals surface area contributed by atoms with Crippen LogP contribution in [0.4, 0.5) is 0 Å². The average Bonchev–Trinajstić information content (AvgIpc) is 2.49. The highest BCUT2D eigenvalue weighted by atomic mass is 16.2.